The zero-order valence-electron chi connectivity index (χ0n) is 14.8. The summed E-state index contributed by atoms with van der Waals surface area (Å²) >= 11 is 6.11. The van der Waals surface area contributed by atoms with Gasteiger partial charge < -0.3 is 14.8 Å². The molecule has 2 aliphatic rings. The summed E-state index contributed by atoms with van der Waals surface area (Å²) in [6.45, 7) is 6.73. The van der Waals surface area contributed by atoms with Gasteiger partial charge in [0, 0.05) is 56.4 Å². The highest BCUT2D eigenvalue weighted by atomic mass is 35.5. The van der Waals surface area contributed by atoms with Crippen LogP contribution in [0.25, 0.3) is 0 Å². The number of fused-ring (bicyclic) bond motifs is 1. The molecule has 138 valence electrons. The summed E-state index contributed by atoms with van der Waals surface area (Å²) in [6.07, 6.45) is 2.68. The second-order valence-electron chi connectivity index (χ2n) is 7.03. The Balaban J connectivity index is 1.47. The molecule has 1 aromatic carbocycles. The maximum Gasteiger partial charge on any atom is 0.221 e. The number of carbonyl (C=O) groups is 1. The number of halogens is 1. The molecule has 0 saturated carbocycles. The van der Waals surface area contributed by atoms with Gasteiger partial charge in [0.05, 0.1) is 0 Å². The highest BCUT2D eigenvalue weighted by Crippen LogP contribution is 2.28. The molecule has 0 radical (unpaired) electrons. The van der Waals surface area contributed by atoms with Gasteiger partial charge in [-0.2, -0.15) is 0 Å². The monoisotopic (exact) mass is 366 g/mol. The van der Waals surface area contributed by atoms with Gasteiger partial charge in [0.2, 0.25) is 5.91 Å². The van der Waals surface area contributed by atoms with Crippen molar-refractivity contribution >= 4 is 17.5 Å². The van der Waals surface area contributed by atoms with Gasteiger partial charge in [-0.05, 0) is 43.9 Å². The fourth-order valence-electron chi connectivity index (χ4n) is 3.44. The van der Waals surface area contributed by atoms with Crippen molar-refractivity contribution in [3.05, 3.63) is 28.8 Å². The minimum absolute atomic E-state index is 0.0905. The second-order valence-corrected chi connectivity index (χ2v) is 7.46. The summed E-state index contributed by atoms with van der Waals surface area (Å²) < 4.78 is 11.3. The van der Waals surface area contributed by atoms with Gasteiger partial charge in [-0.1, -0.05) is 11.6 Å². The first-order valence-electron chi connectivity index (χ1n) is 9.12. The number of rotatable bonds is 5. The van der Waals surface area contributed by atoms with Crippen LogP contribution in [0, 0.1) is 5.92 Å². The van der Waals surface area contributed by atoms with Crippen LogP contribution in [0.2, 0.25) is 5.02 Å². The van der Waals surface area contributed by atoms with E-state index < -0.39 is 0 Å². The van der Waals surface area contributed by atoms with E-state index >= 15 is 0 Å². The topological polar surface area (TPSA) is 50.8 Å². The number of benzene rings is 1. The van der Waals surface area contributed by atoms with E-state index in [0.29, 0.717) is 17.4 Å². The molecular formula is C19H27ClN2O3. The van der Waals surface area contributed by atoms with E-state index in [1.54, 1.807) is 0 Å². The third kappa shape index (κ3) is 5.59. The highest BCUT2D eigenvalue weighted by molar-refractivity contribution is 6.30. The predicted molar refractivity (Wildman–Crippen MR) is 98.0 cm³/mol. The predicted octanol–water partition coefficient (Wildman–Crippen LogP) is 2.86. The largest absolute Gasteiger partial charge is 0.489 e. The number of amides is 1. The van der Waals surface area contributed by atoms with Gasteiger partial charge >= 0.3 is 0 Å². The van der Waals surface area contributed by atoms with E-state index in [4.69, 9.17) is 21.1 Å². The van der Waals surface area contributed by atoms with E-state index in [0.717, 1.165) is 63.5 Å². The Morgan fingerprint density at radius 3 is 2.96 bits per heavy atom. The number of ether oxygens (including phenoxy) is 2. The summed E-state index contributed by atoms with van der Waals surface area (Å²) in [7, 11) is 0. The molecule has 1 saturated heterocycles. The van der Waals surface area contributed by atoms with Crippen molar-refractivity contribution < 1.29 is 14.3 Å². The Kier molecular flexibility index (Phi) is 6.57. The summed E-state index contributed by atoms with van der Waals surface area (Å²) in [5, 5.41) is 3.79. The lowest BCUT2D eigenvalue weighted by molar-refractivity contribution is -0.121. The molecule has 2 heterocycles. The van der Waals surface area contributed by atoms with Gasteiger partial charge in [-0.15, -0.1) is 0 Å². The molecule has 1 N–H and O–H groups in total. The molecule has 0 aliphatic carbocycles. The molecule has 0 aromatic heterocycles. The molecule has 25 heavy (non-hydrogen) atoms. The third-order valence-electron chi connectivity index (χ3n) is 4.84. The molecule has 1 atom stereocenters. The lowest BCUT2D eigenvalue weighted by Crippen LogP contribution is -2.36. The Hall–Kier alpha value is -1.30. The van der Waals surface area contributed by atoms with E-state index in [1.807, 2.05) is 18.2 Å². The average Bonchev–Trinajstić information content (AvgIpc) is 2.76. The maximum atomic E-state index is 12.2. The number of nitrogens with one attached hydrogen (secondary N) is 1. The quantitative estimate of drug-likeness (QED) is 0.870. The smallest absolute Gasteiger partial charge is 0.221 e. The van der Waals surface area contributed by atoms with Crippen LogP contribution in [0.4, 0.5) is 0 Å². The summed E-state index contributed by atoms with van der Waals surface area (Å²) in [6, 6.07) is 5.73. The lowest BCUT2D eigenvalue weighted by Gasteiger charge is -2.23. The molecule has 0 bridgehead atoms. The van der Waals surface area contributed by atoms with Crippen molar-refractivity contribution in [1.82, 2.24) is 10.2 Å². The zero-order valence-corrected chi connectivity index (χ0v) is 15.6. The van der Waals surface area contributed by atoms with E-state index in [-0.39, 0.29) is 12.0 Å². The van der Waals surface area contributed by atoms with Crippen molar-refractivity contribution in [3.8, 4) is 5.75 Å². The Morgan fingerprint density at radius 2 is 2.16 bits per heavy atom. The van der Waals surface area contributed by atoms with Crippen LogP contribution in [-0.4, -0.2) is 49.8 Å². The Labute approximate surface area is 154 Å². The number of nitrogens with zero attached hydrogens (tertiary/aromatic N) is 1. The standard InChI is InChI=1S/C19H27ClN2O3/c1-14-12-22(13-16-10-17(20)2-3-18(16)25-14)7-4-19(23)21-11-15-5-8-24-9-6-15/h2-3,10,14-15H,4-9,11-13H2,1H3,(H,21,23)/t14-/m0/s1. The van der Waals surface area contributed by atoms with Gasteiger partial charge in [0.1, 0.15) is 11.9 Å². The van der Waals surface area contributed by atoms with Crippen LogP contribution >= 0.6 is 11.6 Å². The van der Waals surface area contributed by atoms with Crippen LogP contribution in [0.1, 0.15) is 31.7 Å². The fourth-order valence-corrected chi connectivity index (χ4v) is 3.63. The first kappa shape index (κ1) is 18.5. The van der Waals surface area contributed by atoms with Crippen molar-refractivity contribution in [2.24, 2.45) is 5.92 Å². The minimum atomic E-state index is 0.0905. The maximum absolute atomic E-state index is 12.2. The number of hydrogen-bond donors (Lipinski definition) is 1. The summed E-state index contributed by atoms with van der Waals surface area (Å²) in [5.74, 6) is 1.57. The molecule has 3 rings (SSSR count). The molecule has 1 aromatic rings. The third-order valence-corrected chi connectivity index (χ3v) is 5.08. The molecule has 1 fully saturated rings. The molecule has 1 amide bonds. The van der Waals surface area contributed by atoms with Crippen molar-refractivity contribution in [2.45, 2.75) is 38.8 Å². The van der Waals surface area contributed by atoms with Crippen LogP contribution in [-0.2, 0) is 16.1 Å². The first-order chi connectivity index (χ1) is 12.1. The van der Waals surface area contributed by atoms with Crippen LogP contribution in [0.5, 0.6) is 5.75 Å². The van der Waals surface area contributed by atoms with Crippen LogP contribution in [0.15, 0.2) is 18.2 Å². The molecule has 2 aliphatic heterocycles. The Morgan fingerprint density at radius 1 is 1.36 bits per heavy atom. The molecule has 0 unspecified atom stereocenters. The van der Waals surface area contributed by atoms with E-state index in [9.17, 15) is 4.79 Å². The number of hydrogen-bond acceptors (Lipinski definition) is 4. The van der Waals surface area contributed by atoms with Crippen LogP contribution < -0.4 is 10.1 Å². The van der Waals surface area contributed by atoms with Crippen molar-refractivity contribution in [1.29, 1.82) is 0 Å². The Bertz CT molecular complexity index is 590. The highest BCUT2D eigenvalue weighted by Gasteiger charge is 2.21. The van der Waals surface area contributed by atoms with Crippen LogP contribution in [0.3, 0.4) is 0 Å². The minimum Gasteiger partial charge on any atom is -0.489 e. The fraction of sp³-hybridized carbons (Fsp3) is 0.632. The first-order valence-corrected chi connectivity index (χ1v) is 9.50. The van der Waals surface area contributed by atoms with Crippen molar-refractivity contribution in [3.63, 3.8) is 0 Å². The van der Waals surface area contributed by atoms with E-state index in [1.165, 1.54) is 0 Å². The second kappa shape index (κ2) is 8.88. The van der Waals surface area contributed by atoms with Gasteiger partial charge in [-0.25, -0.2) is 0 Å². The summed E-state index contributed by atoms with van der Waals surface area (Å²) in [5.41, 5.74) is 1.08. The molecule has 6 heteroatoms. The molecule has 0 spiro atoms. The SMILES string of the molecule is C[C@H]1CN(CCC(=O)NCC2CCOCC2)Cc2cc(Cl)ccc2O1. The average molecular weight is 367 g/mol. The summed E-state index contributed by atoms with van der Waals surface area (Å²) in [4.78, 5) is 14.4. The zero-order chi connectivity index (χ0) is 17.6. The molecule has 5 nitrogen and oxygen atoms in total. The number of carbonyl (C=O) groups excluding carboxylic acids is 1. The van der Waals surface area contributed by atoms with E-state index in [2.05, 4.69) is 17.1 Å². The van der Waals surface area contributed by atoms with Gasteiger partial charge in [0.15, 0.2) is 0 Å². The normalized spacial score (nSPS) is 21.9. The van der Waals surface area contributed by atoms with Crippen molar-refractivity contribution in [2.75, 3.05) is 32.8 Å². The van der Waals surface area contributed by atoms with Gasteiger partial charge in [0.25, 0.3) is 0 Å². The molecular weight excluding hydrogens is 340 g/mol. The van der Waals surface area contributed by atoms with Gasteiger partial charge in [-0.3, -0.25) is 9.69 Å². The lowest BCUT2D eigenvalue weighted by atomic mass is 10.0.